The van der Waals surface area contributed by atoms with Gasteiger partial charge in [-0.05, 0) is 55.7 Å². The normalized spacial score (nSPS) is 25.4. The minimum absolute atomic E-state index is 0.0583. The maximum Gasteiger partial charge on any atom is 0.257 e. The zero-order valence-corrected chi connectivity index (χ0v) is 19.0. The third-order valence-corrected chi connectivity index (χ3v) is 8.13. The molecule has 2 aliphatic heterocycles. The summed E-state index contributed by atoms with van der Waals surface area (Å²) in [6, 6.07) is 4.66. The quantitative estimate of drug-likeness (QED) is 0.716. The van der Waals surface area contributed by atoms with Crippen molar-refractivity contribution in [3.05, 3.63) is 35.8 Å². The molecule has 6 nitrogen and oxygen atoms in total. The van der Waals surface area contributed by atoms with Gasteiger partial charge < -0.3 is 14.7 Å². The van der Waals surface area contributed by atoms with E-state index in [4.69, 9.17) is 0 Å². The highest BCUT2D eigenvalue weighted by Crippen LogP contribution is 2.41. The fourth-order valence-corrected chi connectivity index (χ4v) is 6.13. The van der Waals surface area contributed by atoms with Gasteiger partial charge in [0.05, 0.1) is 16.8 Å². The molecule has 0 N–H and O–H groups in total. The number of nitrogens with zero attached hydrogens (tertiary/aromatic N) is 4. The lowest BCUT2D eigenvalue weighted by Crippen LogP contribution is -2.51. The molecule has 6 rings (SSSR count). The molecule has 3 heterocycles. The monoisotopic (exact) mass is 450 g/mol. The smallest absolute Gasteiger partial charge is 0.257 e. The molecule has 4 aliphatic rings. The maximum atomic E-state index is 14.3. The van der Waals surface area contributed by atoms with Gasteiger partial charge >= 0.3 is 0 Å². The second-order valence-electron chi connectivity index (χ2n) is 10.3. The molecule has 0 spiro atoms. The number of pyridine rings is 1. The van der Waals surface area contributed by atoms with Crippen molar-refractivity contribution < 1.29 is 14.0 Å². The molecule has 1 aromatic heterocycles. The van der Waals surface area contributed by atoms with Crippen LogP contribution in [0.5, 0.6) is 0 Å². The third kappa shape index (κ3) is 3.85. The molecule has 174 valence electrons. The molecular formula is C26H31FN4O2. The molecule has 2 aliphatic carbocycles. The summed E-state index contributed by atoms with van der Waals surface area (Å²) in [7, 11) is 0. The summed E-state index contributed by atoms with van der Waals surface area (Å²) in [6.07, 6.45) is 8.70. The van der Waals surface area contributed by atoms with Crippen molar-refractivity contribution in [2.45, 2.75) is 38.5 Å². The van der Waals surface area contributed by atoms with Crippen molar-refractivity contribution in [3.63, 3.8) is 0 Å². The Bertz CT molecular complexity index is 1080. The Morgan fingerprint density at radius 1 is 0.909 bits per heavy atom. The molecule has 7 heteroatoms. The molecule has 2 saturated carbocycles. The molecule has 0 unspecified atom stereocenters. The van der Waals surface area contributed by atoms with Crippen LogP contribution >= 0.6 is 0 Å². The first kappa shape index (κ1) is 20.9. The lowest BCUT2D eigenvalue weighted by atomic mass is 9.82. The number of halogens is 1. The predicted molar refractivity (Wildman–Crippen MR) is 125 cm³/mol. The molecule has 0 radical (unpaired) electrons. The number of fused-ring (bicyclic) bond motifs is 2. The summed E-state index contributed by atoms with van der Waals surface area (Å²) < 4.78 is 14.3. The van der Waals surface area contributed by atoms with Crippen molar-refractivity contribution in [1.29, 1.82) is 0 Å². The van der Waals surface area contributed by atoms with Gasteiger partial charge in [0.15, 0.2) is 0 Å². The lowest BCUT2D eigenvalue weighted by molar-refractivity contribution is -0.134. The van der Waals surface area contributed by atoms with Crippen LogP contribution in [0, 0.1) is 23.6 Å². The van der Waals surface area contributed by atoms with Gasteiger partial charge in [-0.15, -0.1) is 0 Å². The van der Waals surface area contributed by atoms with Gasteiger partial charge in [0.1, 0.15) is 5.82 Å². The summed E-state index contributed by atoms with van der Waals surface area (Å²) >= 11 is 0. The zero-order valence-electron chi connectivity index (χ0n) is 19.0. The average molecular weight is 451 g/mol. The van der Waals surface area contributed by atoms with Crippen molar-refractivity contribution in [3.8, 4) is 0 Å². The number of benzene rings is 1. The average Bonchev–Trinajstić information content (AvgIpc) is 3.61. The van der Waals surface area contributed by atoms with Crippen LogP contribution in [0.4, 0.5) is 10.1 Å². The Morgan fingerprint density at radius 2 is 1.58 bits per heavy atom. The van der Waals surface area contributed by atoms with Gasteiger partial charge in [0.25, 0.3) is 5.91 Å². The zero-order chi connectivity index (χ0) is 22.5. The van der Waals surface area contributed by atoms with E-state index >= 15 is 0 Å². The van der Waals surface area contributed by atoms with Gasteiger partial charge in [-0.25, -0.2) is 4.39 Å². The first-order valence-corrected chi connectivity index (χ1v) is 12.5. The van der Waals surface area contributed by atoms with E-state index in [1.165, 1.54) is 37.8 Å². The number of amides is 2. The molecule has 4 fully saturated rings. The minimum atomic E-state index is -0.307. The second kappa shape index (κ2) is 8.26. The summed E-state index contributed by atoms with van der Waals surface area (Å²) in [6.45, 7) is 4.07. The number of carbonyl (C=O) groups excluding carboxylic acids is 2. The molecular weight excluding hydrogens is 419 g/mol. The van der Waals surface area contributed by atoms with Crippen LogP contribution in [0.3, 0.4) is 0 Å². The van der Waals surface area contributed by atoms with Crippen molar-refractivity contribution in [1.82, 2.24) is 14.8 Å². The standard InChI is InChI=1S/C26H31FN4O2/c27-20-7-8-23-21(13-20)24(31-15-18-3-1-2-4-19(18)16-31)22(14-28-23)26(33)30-11-9-29(10-12-30)25(32)17-5-6-17/h7-8,13-14,17-19H,1-6,9-12,15-16H2/t18-,19+. The molecule has 2 saturated heterocycles. The highest BCUT2D eigenvalue weighted by Gasteiger charge is 2.38. The van der Waals surface area contributed by atoms with Crippen LogP contribution in [-0.2, 0) is 4.79 Å². The van der Waals surface area contributed by atoms with Crippen LogP contribution in [0.25, 0.3) is 10.9 Å². The van der Waals surface area contributed by atoms with Gasteiger partial charge in [-0.2, -0.15) is 0 Å². The van der Waals surface area contributed by atoms with Crippen LogP contribution in [0.15, 0.2) is 24.4 Å². The number of anilines is 1. The van der Waals surface area contributed by atoms with E-state index in [1.807, 2.05) is 9.80 Å². The van der Waals surface area contributed by atoms with Crippen LogP contribution in [-0.4, -0.2) is 65.9 Å². The SMILES string of the molecule is O=C(c1cnc2ccc(F)cc2c1N1C[C@H]2CCCC[C@H]2C1)N1CCN(C(=O)C2CC2)CC1. The maximum absolute atomic E-state index is 14.3. The molecule has 1 aromatic carbocycles. The van der Waals surface area contributed by atoms with Crippen molar-refractivity contribution >= 4 is 28.4 Å². The van der Waals surface area contributed by atoms with Crippen molar-refractivity contribution in [2.75, 3.05) is 44.2 Å². The second-order valence-corrected chi connectivity index (χ2v) is 10.3. The summed E-state index contributed by atoms with van der Waals surface area (Å²) in [5.74, 6) is 1.38. The lowest BCUT2D eigenvalue weighted by Gasteiger charge is -2.35. The highest BCUT2D eigenvalue weighted by molar-refractivity contribution is 6.07. The Hall–Kier alpha value is -2.70. The highest BCUT2D eigenvalue weighted by atomic mass is 19.1. The number of hydrogen-bond donors (Lipinski definition) is 0. The number of carbonyl (C=O) groups is 2. The van der Waals surface area contributed by atoms with E-state index in [9.17, 15) is 14.0 Å². The van der Waals surface area contributed by atoms with Gasteiger partial charge in [0, 0.05) is 56.8 Å². The molecule has 0 bridgehead atoms. The Morgan fingerprint density at radius 3 is 2.24 bits per heavy atom. The summed E-state index contributed by atoms with van der Waals surface area (Å²) in [4.78, 5) is 36.7. The molecule has 2 atom stereocenters. The number of hydrogen-bond acceptors (Lipinski definition) is 4. The first-order valence-electron chi connectivity index (χ1n) is 12.5. The van der Waals surface area contributed by atoms with E-state index in [0.717, 1.165) is 42.5 Å². The van der Waals surface area contributed by atoms with Crippen LogP contribution in [0.2, 0.25) is 0 Å². The third-order valence-electron chi connectivity index (χ3n) is 8.13. The van der Waals surface area contributed by atoms with E-state index < -0.39 is 0 Å². The number of aromatic nitrogens is 1. The Kier molecular flexibility index (Phi) is 5.23. The number of rotatable bonds is 3. The fraction of sp³-hybridized carbons (Fsp3) is 0.577. The Labute approximate surface area is 193 Å². The van der Waals surface area contributed by atoms with Crippen molar-refractivity contribution in [2.24, 2.45) is 17.8 Å². The minimum Gasteiger partial charge on any atom is -0.370 e. The predicted octanol–water partition coefficient (Wildman–Crippen LogP) is 3.69. The summed E-state index contributed by atoms with van der Waals surface area (Å²) in [5, 5.41) is 0.724. The van der Waals surface area contributed by atoms with Crippen LogP contribution < -0.4 is 4.90 Å². The van der Waals surface area contributed by atoms with Gasteiger partial charge in [0.2, 0.25) is 5.91 Å². The van der Waals surface area contributed by atoms with Crippen LogP contribution in [0.1, 0.15) is 48.9 Å². The van der Waals surface area contributed by atoms with E-state index in [0.29, 0.717) is 43.6 Å². The van der Waals surface area contributed by atoms with E-state index in [2.05, 4.69) is 9.88 Å². The Balaban J connectivity index is 1.31. The largest absolute Gasteiger partial charge is 0.370 e. The summed E-state index contributed by atoms with van der Waals surface area (Å²) in [5.41, 5.74) is 2.13. The number of piperazine rings is 1. The first-order chi connectivity index (χ1) is 16.1. The topological polar surface area (TPSA) is 56.8 Å². The van der Waals surface area contributed by atoms with E-state index in [1.54, 1.807) is 12.3 Å². The van der Waals surface area contributed by atoms with Gasteiger partial charge in [-0.3, -0.25) is 14.6 Å². The van der Waals surface area contributed by atoms with E-state index in [-0.39, 0.29) is 23.5 Å². The fourth-order valence-electron chi connectivity index (χ4n) is 6.13. The molecule has 2 amide bonds. The molecule has 33 heavy (non-hydrogen) atoms. The van der Waals surface area contributed by atoms with Gasteiger partial charge in [-0.1, -0.05) is 12.8 Å². The molecule has 2 aromatic rings.